The van der Waals surface area contributed by atoms with Crippen LogP contribution < -0.4 is 8.85 Å². The number of pyridine rings is 2. The van der Waals surface area contributed by atoms with Crippen LogP contribution >= 0.6 is 0 Å². The molecule has 0 spiro atoms. The Morgan fingerprint density at radius 2 is 1.15 bits per heavy atom. The van der Waals surface area contributed by atoms with Crippen molar-refractivity contribution in [3.8, 4) is 17.8 Å². The summed E-state index contributed by atoms with van der Waals surface area (Å²) in [4.78, 5) is 8.13. The molecule has 0 aliphatic carbocycles. The van der Waals surface area contributed by atoms with Crippen molar-refractivity contribution in [1.82, 2.24) is 9.97 Å². The van der Waals surface area contributed by atoms with Gasteiger partial charge in [-0.1, -0.05) is 12.1 Å². The predicted molar refractivity (Wildman–Crippen MR) is 149 cm³/mol. The van der Waals surface area contributed by atoms with Gasteiger partial charge in [0.25, 0.3) is 0 Å². The standard InChI is InChI=1S/C11H11N2O2Si.C7H21O2Si3.C2H3N.CHF3O3S.Ir/c1-16(14-10-6-2-4-8-12-10)15-11-7-3-5-9-13-11;1-10(8-11(2,3)4)9-12(5,6)7;1-2-3;2-1(3,4)8(5,6)7;/h2-9H,1H3;1-7H3;1H3;(H,5,6,7);/q2*-1;;;+3/p-1. The average molecular weight is 835 g/mol. The van der Waals surface area contributed by atoms with Gasteiger partial charge in [-0.05, 0) is 63.5 Å². The Balaban J connectivity index is -0.000000508. The van der Waals surface area contributed by atoms with E-state index in [9.17, 15) is 13.2 Å². The summed E-state index contributed by atoms with van der Waals surface area (Å²) in [5, 5.41) is 7.32. The van der Waals surface area contributed by atoms with Crippen LogP contribution in [0.25, 0.3) is 0 Å². The third-order valence-corrected chi connectivity index (χ3v) is 11.7. The van der Waals surface area contributed by atoms with Gasteiger partial charge in [-0.25, -0.2) is 18.4 Å². The molecule has 40 heavy (non-hydrogen) atoms. The van der Waals surface area contributed by atoms with Gasteiger partial charge in [0, 0.05) is 28.6 Å². The van der Waals surface area contributed by atoms with E-state index in [2.05, 4.69) is 55.8 Å². The Bertz CT molecular complexity index is 1020. The van der Waals surface area contributed by atoms with Crippen LogP contribution in [0.4, 0.5) is 13.2 Å². The summed E-state index contributed by atoms with van der Waals surface area (Å²) in [5.41, 5.74) is -5.65. The molecule has 19 heteroatoms. The van der Waals surface area contributed by atoms with E-state index in [1.807, 2.05) is 30.8 Å². The molecule has 0 bridgehead atoms. The van der Waals surface area contributed by atoms with E-state index in [0.717, 1.165) is 0 Å². The monoisotopic (exact) mass is 835 g/mol. The number of nitriles is 1. The van der Waals surface area contributed by atoms with Crippen LogP contribution in [-0.4, -0.2) is 63.6 Å². The maximum Gasteiger partial charge on any atom is 3.00 e. The van der Waals surface area contributed by atoms with Crippen molar-refractivity contribution in [1.29, 1.82) is 5.26 Å². The maximum atomic E-state index is 10.7. The Hall–Kier alpha value is -1.47. The van der Waals surface area contributed by atoms with Crippen molar-refractivity contribution in [2.45, 2.75) is 64.8 Å². The quantitative estimate of drug-likeness (QED) is 0.192. The summed E-state index contributed by atoms with van der Waals surface area (Å²) >= 11 is 0. The van der Waals surface area contributed by atoms with Gasteiger partial charge in [0.05, 0.1) is 6.07 Å². The van der Waals surface area contributed by atoms with E-state index in [-0.39, 0.29) is 20.1 Å². The molecule has 2 aromatic rings. The van der Waals surface area contributed by atoms with Crippen molar-refractivity contribution in [2.75, 3.05) is 0 Å². The van der Waals surface area contributed by atoms with Crippen LogP contribution in [-0.2, 0) is 38.5 Å². The van der Waals surface area contributed by atoms with Crippen LogP contribution in [0.1, 0.15) is 6.92 Å². The molecule has 2 aromatic heterocycles. The van der Waals surface area contributed by atoms with E-state index in [1.54, 1.807) is 30.6 Å². The Morgan fingerprint density at radius 3 is 1.35 bits per heavy atom. The zero-order chi connectivity index (χ0) is 30.9. The van der Waals surface area contributed by atoms with Gasteiger partial charge in [-0.15, -0.1) is 13.1 Å². The molecular weight excluding hydrogens is 800 g/mol. The van der Waals surface area contributed by atoms with Crippen LogP contribution in [0.15, 0.2) is 48.8 Å². The summed E-state index contributed by atoms with van der Waals surface area (Å²) < 4.78 is 81.7. The molecule has 0 fully saturated rings. The van der Waals surface area contributed by atoms with Gasteiger partial charge in [-0.3, -0.25) is 0 Å². The first kappa shape index (κ1) is 43.0. The molecule has 228 valence electrons. The summed E-state index contributed by atoms with van der Waals surface area (Å²) in [6.07, 6.45) is 3.37. The first-order chi connectivity index (χ1) is 17.6. The second-order valence-electron chi connectivity index (χ2n) is 9.08. The Labute approximate surface area is 254 Å². The average Bonchev–Trinajstić information content (AvgIpc) is 2.72. The minimum atomic E-state index is -6.09. The normalized spacial score (nSPS) is 11.2. The fourth-order valence-electron chi connectivity index (χ4n) is 2.01. The summed E-state index contributed by atoms with van der Waals surface area (Å²) in [5.74, 6) is 1.16. The van der Waals surface area contributed by atoms with Crippen molar-refractivity contribution in [3.05, 3.63) is 48.8 Å². The smallest absolute Gasteiger partial charge is 0.741 e. The van der Waals surface area contributed by atoms with Gasteiger partial charge in [0.2, 0.25) is 0 Å². The minimum absolute atomic E-state index is 0. The number of rotatable bonds is 8. The zero-order valence-corrected chi connectivity index (χ0v) is 30.9. The molecule has 0 aliphatic heterocycles. The largest absolute Gasteiger partial charge is 3.00 e. The van der Waals surface area contributed by atoms with E-state index in [4.69, 9.17) is 35.3 Å². The second-order valence-corrected chi connectivity index (χ2v) is 22.9. The first-order valence-electron chi connectivity index (χ1n) is 11.2. The SMILES string of the molecule is CC#N.C[Si-](O[Si](C)(C)C)O[Si](C)(C)C.C[Si-](Oc1ccccn1)Oc1ccccn1.O=S(=O)([O-])C(F)(F)F.[Ir+3]. The van der Waals surface area contributed by atoms with Gasteiger partial charge in [-0.2, -0.15) is 18.4 Å². The molecule has 0 radical (unpaired) electrons. The Kier molecular flexibility index (Phi) is 21.9. The zero-order valence-electron chi connectivity index (χ0n) is 23.7. The van der Waals surface area contributed by atoms with E-state index in [0.29, 0.717) is 11.8 Å². The third kappa shape index (κ3) is 26.7. The van der Waals surface area contributed by atoms with Crippen molar-refractivity contribution >= 4 is 45.3 Å². The number of alkyl halides is 3. The van der Waals surface area contributed by atoms with E-state index < -0.39 is 50.8 Å². The predicted octanol–water partition coefficient (Wildman–Crippen LogP) is 5.44. The van der Waals surface area contributed by atoms with Gasteiger partial charge >= 0.3 is 25.6 Å². The van der Waals surface area contributed by atoms with Gasteiger partial charge < -0.3 is 21.6 Å². The topological polar surface area (TPSA) is 144 Å². The van der Waals surface area contributed by atoms with E-state index in [1.165, 1.54) is 6.92 Å². The molecular formula is C21H35F3IrN3O7SSi4. The van der Waals surface area contributed by atoms with Crippen LogP contribution in [0, 0.1) is 11.3 Å². The van der Waals surface area contributed by atoms with Crippen LogP contribution in [0.5, 0.6) is 11.8 Å². The maximum absolute atomic E-state index is 10.7. The molecule has 0 aromatic carbocycles. The number of hydrogen-bond donors (Lipinski definition) is 0. The molecule has 0 saturated heterocycles. The molecule has 0 aliphatic rings. The molecule has 0 unspecified atom stereocenters. The number of hydrogen-bond acceptors (Lipinski definition) is 10. The summed E-state index contributed by atoms with van der Waals surface area (Å²) in [6.45, 7) is 18.6. The number of aromatic nitrogens is 2. The third-order valence-electron chi connectivity index (χ3n) is 2.96. The summed E-state index contributed by atoms with van der Waals surface area (Å²) in [7, 11) is -11.2. The van der Waals surface area contributed by atoms with Gasteiger partial charge in [0.1, 0.15) is 16.6 Å². The number of halogens is 3. The minimum Gasteiger partial charge on any atom is -0.741 e. The Morgan fingerprint density at radius 1 is 0.850 bits per heavy atom. The molecule has 2 heterocycles. The van der Waals surface area contributed by atoms with Crippen molar-refractivity contribution in [2.24, 2.45) is 0 Å². The van der Waals surface area contributed by atoms with Crippen LogP contribution in [0.3, 0.4) is 0 Å². The summed E-state index contributed by atoms with van der Waals surface area (Å²) in [6, 6.07) is 12.8. The van der Waals surface area contributed by atoms with E-state index >= 15 is 0 Å². The molecule has 0 atom stereocenters. The number of nitrogens with zero attached hydrogens (tertiary/aromatic N) is 3. The van der Waals surface area contributed by atoms with Crippen LogP contribution in [0.2, 0.25) is 52.4 Å². The fourth-order valence-corrected chi connectivity index (χ4v) is 10.3. The van der Waals surface area contributed by atoms with Gasteiger partial charge in [0.15, 0.2) is 31.2 Å². The molecule has 2 rings (SSSR count). The van der Waals surface area contributed by atoms with Crippen molar-refractivity contribution < 1.29 is 63.3 Å². The fraction of sp³-hybridized carbons (Fsp3) is 0.476. The molecule has 0 amide bonds. The molecule has 10 nitrogen and oxygen atoms in total. The molecule has 0 saturated carbocycles. The van der Waals surface area contributed by atoms with Crippen molar-refractivity contribution in [3.63, 3.8) is 0 Å². The molecule has 0 N–H and O–H groups in total. The second kappa shape index (κ2) is 20.4. The first-order valence-corrected chi connectivity index (χ1v) is 23.0.